The van der Waals surface area contributed by atoms with Crippen molar-refractivity contribution in [3.8, 4) is 11.5 Å². The highest BCUT2D eigenvalue weighted by molar-refractivity contribution is 7.17. The van der Waals surface area contributed by atoms with Crippen LogP contribution in [0, 0.1) is 11.3 Å². The number of ether oxygens (including phenoxy) is 1. The van der Waals surface area contributed by atoms with Gasteiger partial charge in [-0.15, -0.1) is 11.3 Å². The van der Waals surface area contributed by atoms with Gasteiger partial charge in [0.15, 0.2) is 0 Å². The molecule has 2 aliphatic rings. The molecule has 2 amide bonds. The normalized spacial score (nSPS) is 17.4. The van der Waals surface area contributed by atoms with E-state index >= 15 is 0 Å². The molecule has 0 saturated heterocycles. The first-order valence-corrected chi connectivity index (χ1v) is 12.2. The third kappa shape index (κ3) is 3.82. The van der Waals surface area contributed by atoms with Crippen molar-refractivity contribution in [3.63, 3.8) is 0 Å². The Balaban J connectivity index is 1.52. The largest absolute Gasteiger partial charge is 0.457 e. The minimum Gasteiger partial charge on any atom is -0.457 e. The molecule has 3 N–H and O–H groups in total. The van der Waals surface area contributed by atoms with Gasteiger partial charge >= 0.3 is 0 Å². The van der Waals surface area contributed by atoms with E-state index in [-0.39, 0.29) is 11.3 Å². The second-order valence-corrected chi connectivity index (χ2v) is 11.1. The molecular formula is C27H28N2O3S. The SMILES string of the molecule is CC(C)(C)[C@H]1CCc2c(sc(NC(=O)C3c4ccccc4Oc4ccccc43)c2C(N)=O)C1. The van der Waals surface area contributed by atoms with Crippen molar-refractivity contribution < 1.29 is 14.3 Å². The van der Waals surface area contributed by atoms with E-state index in [1.54, 1.807) is 0 Å². The molecule has 170 valence electrons. The van der Waals surface area contributed by atoms with Crippen LogP contribution in [0.3, 0.4) is 0 Å². The van der Waals surface area contributed by atoms with Gasteiger partial charge in [0.25, 0.3) is 5.91 Å². The van der Waals surface area contributed by atoms with Crippen LogP contribution in [0.4, 0.5) is 5.00 Å². The summed E-state index contributed by atoms with van der Waals surface area (Å²) in [6, 6.07) is 15.2. The van der Waals surface area contributed by atoms with Gasteiger partial charge in [0.05, 0.1) is 11.5 Å². The van der Waals surface area contributed by atoms with Crippen LogP contribution < -0.4 is 15.8 Å². The summed E-state index contributed by atoms with van der Waals surface area (Å²) in [4.78, 5) is 27.3. The number of para-hydroxylation sites is 2. The average Bonchev–Trinajstić information content (AvgIpc) is 3.13. The maximum absolute atomic E-state index is 13.7. The Bertz CT molecular complexity index is 1210. The zero-order chi connectivity index (χ0) is 23.3. The predicted molar refractivity (Wildman–Crippen MR) is 131 cm³/mol. The van der Waals surface area contributed by atoms with Crippen LogP contribution >= 0.6 is 11.3 Å². The number of fused-ring (bicyclic) bond motifs is 3. The lowest BCUT2D eigenvalue weighted by atomic mass is 9.72. The molecular weight excluding hydrogens is 432 g/mol. The summed E-state index contributed by atoms with van der Waals surface area (Å²) in [6.07, 6.45) is 2.73. The van der Waals surface area contributed by atoms with Crippen molar-refractivity contribution in [1.82, 2.24) is 0 Å². The number of carbonyl (C=O) groups is 2. The average molecular weight is 461 g/mol. The summed E-state index contributed by atoms with van der Waals surface area (Å²) in [6.45, 7) is 6.77. The molecule has 5 nitrogen and oxygen atoms in total. The third-order valence-electron chi connectivity index (χ3n) is 6.92. The summed E-state index contributed by atoms with van der Waals surface area (Å²) in [5.74, 6) is 0.668. The molecule has 0 saturated carbocycles. The number of anilines is 1. The Morgan fingerprint density at radius 2 is 1.64 bits per heavy atom. The molecule has 0 bridgehead atoms. The van der Waals surface area contributed by atoms with Gasteiger partial charge < -0.3 is 15.8 Å². The topological polar surface area (TPSA) is 81.4 Å². The molecule has 1 atom stereocenters. The molecule has 3 aromatic rings. The standard InChI is InChI=1S/C27H28N2O3S/c1-27(2,3)15-12-13-18-21(14-15)33-26(23(18)24(28)30)29-25(31)22-16-8-4-6-10-19(16)32-20-11-7-5-9-17(20)22/h4-11,15,22H,12-14H2,1-3H3,(H2,28,30)(H,29,31)/t15-/m0/s1. The van der Waals surface area contributed by atoms with Crippen molar-refractivity contribution in [2.24, 2.45) is 17.1 Å². The van der Waals surface area contributed by atoms with Crippen LogP contribution in [0.15, 0.2) is 48.5 Å². The van der Waals surface area contributed by atoms with Crippen LogP contribution in [-0.4, -0.2) is 11.8 Å². The van der Waals surface area contributed by atoms with Crippen molar-refractivity contribution in [3.05, 3.63) is 75.7 Å². The first-order valence-electron chi connectivity index (χ1n) is 11.3. The van der Waals surface area contributed by atoms with E-state index in [1.807, 2.05) is 48.5 Å². The molecule has 2 heterocycles. The maximum atomic E-state index is 13.7. The first kappa shape index (κ1) is 21.7. The van der Waals surface area contributed by atoms with Crippen molar-refractivity contribution >= 4 is 28.2 Å². The molecule has 33 heavy (non-hydrogen) atoms. The summed E-state index contributed by atoms with van der Waals surface area (Å²) in [7, 11) is 0. The minimum atomic E-state index is -0.534. The van der Waals surface area contributed by atoms with Crippen molar-refractivity contribution in [2.75, 3.05) is 5.32 Å². The number of carbonyl (C=O) groups excluding carboxylic acids is 2. The minimum absolute atomic E-state index is 0.188. The monoisotopic (exact) mass is 460 g/mol. The smallest absolute Gasteiger partial charge is 0.251 e. The van der Waals surface area contributed by atoms with Crippen LogP contribution in [0.2, 0.25) is 0 Å². The molecule has 1 aliphatic heterocycles. The fourth-order valence-electron chi connectivity index (χ4n) is 5.05. The molecule has 2 aromatic carbocycles. The molecule has 1 aliphatic carbocycles. The van der Waals surface area contributed by atoms with Gasteiger partial charge in [-0.25, -0.2) is 0 Å². The molecule has 0 spiro atoms. The summed E-state index contributed by atoms with van der Waals surface area (Å²) in [5, 5.41) is 3.64. The number of hydrogen-bond acceptors (Lipinski definition) is 4. The van der Waals surface area contributed by atoms with Crippen LogP contribution in [-0.2, 0) is 17.6 Å². The van der Waals surface area contributed by atoms with E-state index in [2.05, 4.69) is 26.1 Å². The molecule has 0 radical (unpaired) electrons. The Morgan fingerprint density at radius 3 is 2.21 bits per heavy atom. The highest BCUT2D eigenvalue weighted by Crippen LogP contribution is 2.47. The van der Waals surface area contributed by atoms with Gasteiger partial charge in [-0.3, -0.25) is 9.59 Å². The van der Waals surface area contributed by atoms with Gasteiger partial charge in [0, 0.05) is 16.0 Å². The molecule has 0 unspecified atom stereocenters. The lowest BCUT2D eigenvalue weighted by Crippen LogP contribution is -2.27. The van der Waals surface area contributed by atoms with Gasteiger partial charge in [0.1, 0.15) is 16.5 Å². The number of thiophene rings is 1. The highest BCUT2D eigenvalue weighted by atomic mass is 32.1. The quantitative estimate of drug-likeness (QED) is 0.512. The van der Waals surface area contributed by atoms with Gasteiger partial charge in [-0.1, -0.05) is 57.2 Å². The highest BCUT2D eigenvalue weighted by Gasteiger charge is 2.36. The van der Waals surface area contributed by atoms with E-state index < -0.39 is 11.8 Å². The fraction of sp³-hybridized carbons (Fsp3) is 0.333. The Labute approximate surface area is 198 Å². The van der Waals surface area contributed by atoms with Crippen molar-refractivity contribution in [2.45, 2.75) is 46.0 Å². The van der Waals surface area contributed by atoms with Gasteiger partial charge in [-0.05, 0) is 48.3 Å². The first-order chi connectivity index (χ1) is 15.7. The van der Waals surface area contributed by atoms with Crippen LogP contribution in [0.5, 0.6) is 11.5 Å². The molecule has 6 heteroatoms. The summed E-state index contributed by atoms with van der Waals surface area (Å²) >= 11 is 1.50. The summed E-state index contributed by atoms with van der Waals surface area (Å²) in [5.41, 5.74) is 9.10. The second-order valence-electron chi connectivity index (χ2n) is 9.98. The molecule has 1 aromatic heterocycles. The zero-order valence-electron chi connectivity index (χ0n) is 19.1. The Morgan fingerprint density at radius 1 is 1.03 bits per heavy atom. The molecule has 5 rings (SSSR count). The Hall–Kier alpha value is -3.12. The second kappa shape index (κ2) is 8.03. The van der Waals surface area contributed by atoms with Crippen LogP contribution in [0.1, 0.15) is 65.0 Å². The van der Waals surface area contributed by atoms with E-state index in [4.69, 9.17) is 10.5 Å². The molecule has 0 fully saturated rings. The number of hydrogen-bond donors (Lipinski definition) is 2. The van der Waals surface area contributed by atoms with E-state index in [0.29, 0.717) is 28.0 Å². The lowest BCUT2D eigenvalue weighted by molar-refractivity contribution is -0.116. The number of primary amides is 1. The number of rotatable bonds is 3. The van der Waals surface area contributed by atoms with E-state index in [0.717, 1.165) is 40.8 Å². The summed E-state index contributed by atoms with van der Waals surface area (Å²) < 4.78 is 6.03. The number of benzene rings is 2. The number of nitrogens with two attached hydrogens (primary N) is 1. The van der Waals surface area contributed by atoms with Crippen LogP contribution in [0.25, 0.3) is 0 Å². The lowest BCUT2D eigenvalue weighted by Gasteiger charge is -2.33. The number of amides is 2. The van der Waals surface area contributed by atoms with E-state index in [1.165, 1.54) is 11.3 Å². The van der Waals surface area contributed by atoms with Crippen molar-refractivity contribution in [1.29, 1.82) is 0 Å². The van der Waals surface area contributed by atoms with Gasteiger partial charge in [-0.2, -0.15) is 0 Å². The fourth-order valence-corrected chi connectivity index (χ4v) is 6.39. The van der Waals surface area contributed by atoms with E-state index in [9.17, 15) is 9.59 Å². The van der Waals surface area contributed by atoms with Gasteiger partial charge in [0.2, 0.25) is 5.91 Å². The maximum Gasteiger partial charge on any atom is 0.251 e. The zero-order valence-corrected chi connectivity index (χ0v) is 19.9. The number of nitrogens with one attached hydrogen (secondary N) is 1. The third-order valence-corrected chi connectivity index (χ3v) is 8.09. The predicted octanol–water partition coefficient (Wildman–Crippen LogP) is 5.87. The Kier molecular flexibility index (Phi) is 5.28.